The first-order chi connectivity index (χ1) is 13.9. The van der Waals surface area contributed by atoms with Gasteiger partial charge < -0.3 is 5.11 Å². The molecule has 0 spiro atoms. The normalized spacial score (nSPS) is 18.4. The monoisotopic (exact) mass is 404 g/mol. The molecule has 5 nitrogen and oxygen atoms in total. The minimum atomic E-state index is -0.734. The molecule has 2 heterocycles. The lowest BCUT2D eigenvalue weighted by Gasteiger charge is -2.23. The molecule has 4 rings (SSSR count). The molecule has 1 aliphatic heterocycles. The van der Waals surface area contributed by atoms with Crippen molar-refractivity contribution in [1.82, 2.24) is 4.98 Å². The first kappa shape index (κ1) is 19.1. The number of rotatable bonds is 3. The molecule has 29 heavy (non-hydrogen) atoms. The topological polar surface area (TPSA) is 70.5 Å². The zero-order valence-corrected chi connectivity index (χ0v) is 17.2. The summed E-state index contributed by atoms with van der Waals surface area (Å²) in [6.07, 6.45) is 0. The zero-order valence-electron chi connectivity index (χ0n) is 16.3. The second-order valence-electron chi connectivity index (χ2n) is 7.08. The van der Waals surface area contributed by atoms with E-state index in [1.54, 1.807) is 12.1 Å². The molecule has 0 saturated carbocycles. The first-order valence-electron chi connectivity index (χ1n) is 9.25. The van der Waals surface area contributed by atoms with Crippen molar-refractivity contribution < 1.29 is 14.7 Å². The van der Waals surface area contributed by atoms with Crippen molar-refractivity contribution in [3.63, 3.8) is 0 Å². The van der Waals surface area contributed by atoms with Gasteiger partial charge in [0.05, 0.1) is 17.3 Å². The second kappa shape index (κ2) is 7.29. The van der Waals surface area contributed by atoms with E-state index in [-0.39, 0.29) is 11.3 Å². The number of hydrogen-bond donors (Lipinski definition) is 1. The van der Waals surface area contributed by atoms with Gasteiger partial charge in [0.2, 0.25) is 0 Å². The Hall–Kier alpha value is -3.25. The Balaban J connectivity index is 1.94. The molecule has 2 aromatic carbocycles. The van der Waals surface area contributed by atoms with Crippen molar-refractivity contribution in [1.29, 1.82) is 0 Å². The highest BCUT2D eigenvalue weighted by atomic mass is 32.1. The van der Waals surface area contributed by atoms with Crippen LogP contribution < -0.4 is 4.90 Å². The average Bonchev–Trinajstić information content (AvgIpc) is 3.18. The Morgan fingerprint density at radius 1 is 1.00 bits per heavy atom. The number of benzene rings is 2. The van der Waals surface area contributed by atoms with Gasteiger partial charge in [-0.05, 0) is 26.3 Å². The highest BCUT2D eigenvalue weighted by Crippen LogP contribution is 2.43. The van der Waals surface area contributed by atoms with E-state index in [4.69, 9.17) is 0 Å². The van der Waals surface area contributed by atoms with Crippen LogP contribution in [0, 0.1) is 20.8 Å². The molecule has 1 aromatic heterocycles. The summed E-state index contributed by atoms with van der Waals surface area (Å²) < 4.78 is 0. The first-order valence-corrected chi connectivity index (χ1v) is 10.1. The number of thiazole rings is 1. The van der Waals surface area contributed by atoms with E-state index in [1.165, 1.54) is 16.2 Å². The van der Waals surface area contributed by atoms with Crippen LogP contribution in [0.3, 0.4) is 0 Å². The van der Waals surface area contributed by atoms with Gasteiger partial charge in [0.15, 0.2) is 5.13 Å². The van der Waals surface area contributed by atoms with Crippen LogP contribution in [0.4, 0.5) is 5.13 Å². The van der Waals surface area contributed by atoms with Crippen molar-refractivity contribution in [3.05, 3.63) is 87.4 Å². The van der Waals surface area contributed by atoms with Crippen molar-refractivity contribution in [2.75, 3.05) is 4.90 Å². The van der Waals surface area contributed by atoms with Crippen molar-refractivity contribution in [3.8, 4) is 0 Å². The quantitative estimate of drug-likeness (QED) is 0.390. The van der Waals surface area contributed by atoms with Gasteiger partial charge in [0, 0.05) is 10.4 Å². The molecule has 1 fully saturated rings. The van der Waals surface area contributed by atoms with Gasteiger partial charge in [0.1, 0.15) is 5.76 Å². The van der Waals surface area contributed by atoms with Gasteiger partial charge in [0.25, 0.3) is 5.78 Å². The maximum absolute atomic E-state index is 13.0. The van der Waals surface area contributed by atoms with Crippen LogP contribution in [0.2, 0.25) is 0 Å². The lowest BCUT2D eigenvalue weighted by molar-refractivity contribution is -0.132. The highest BCUT2D eigenvalue weighted by Gasteiger charge is 2.48. The summed E-state index contributed by atoms with van der Waals surface area (Å²) in [5.41, 5.74) is 3.18. The number of aliphatic hydroxyl groups is 1. The Morgan fingerprint density at radius 2 is 1.66 bits per heavy atom. The number of carbonyl (C=O) groups is 2. The van der Waals surface area contributed by atoms with Crippen LogP contribution in [0.5, 0.6) is 0 Å². The fourth-order valence-corrected chi connectivity index (χ4v) is 4.34. The molecule has 0 radical (unpaired) electrons. The largest absolute Gasteiger partial charge is 0.507 e. The Bertz CT molecular complexity index is 1110. The number of anilines is 1. The molecular formula is C23H20N2O3S. The predicted molar refractivity (Wildman–Crippen MR) is 114 cm³/mol. The van der Waals surface area contributed by atoms with Gasteiger partial charge >= 0.3 is 5.91 Å². The van der Waals surface area contributed by atoms with Crippen molar-refractivity contribution in [2.24, 2.45) is 0 Å². The van der Waals surface area contributed by atoms with Crippen LogP contribution in [0.1, 0.15) is 33.3 Å². The number of aliphatic hydroxyl groups excluding tert-OH is 1. The second-order valence-corrected chi connectivity index (χ2v) is 8.27. The molecule has 146 valence electrons. The average molecular weight is 404 g/mol. The lowest BCUT2D eigenvalue weighted by Crippen LogP contribution is -2.29. The summed E-state index contributed by atoms with van der Waals surface area (Å²) in [6, 6.07) is 15.7. The molecule has 1 unspecified atom stereocenters. The lowest BCUT2D eigenvalue weighted by atomic mass is 9.95. The van der Waals surface area contributed by atoms with Crippen molar-refractivity contribution in [2.45, 2.75) is 26.8 Å². The van der Waals surface area contributed by atoms with E-state index in [9.17, 15) is 14.7 Å². The maximum atomic E-state index is 13.0. The summed E-state index contributed by atoms with van der Waals surface area (Å²) in [6.45, 7) is 5.74. The van der Waals surface area contributed by atoms with Gasteiger partial charge in [-0.15, -0.1) is 11.3 Å². The zero-order chi connectivity index (χ0) is 20.7. The predicted octanol–water partition coefficient (Wildman–Crippen LogP) is 4.69. The van der Waals surface area contributed by atoms with Crippen LogP contribution in [0.15, 0.2) is 60.2 Å². The summed E-state index contributed by atoms with van der Waals surface area (Å²) in [5.74, 6) is -1.56. The van der Waals surface area contributed by atoms with Crippen LogP contribution >= 0.6 is 11.3 Å². The standard InChI is InChI=1S/C23H20N2O3S/c1-13-9-11-17(12-10-13)20(26)18-19(16-7-5-4-6-8-16)25(22(28)21(18)27)23-24-14(2)15(3)29-23/h4-12,19,26H,1-3H3. The van der Waals surface area contributed by atoms with Crippen LogP contribution in [0.25, 0.3) is 5.76 Å². The van der Waals surface area contributed by atoms with E-state index >= 15 is 0 Å². The van der Waals surface area contributed by atoms with Gasteiger partial charge in [-0.25, -0.2) is 4.98 Å². The molecule has 6 heteroatoms. The summed E-state index contributed by atoms with van der Waals surface area (Å²) >= 11 is 1.36. The van der Waals surface area contributed by atoms with E-state index in [2.05, 4.69) is 4.98 Å². The Kier molecular flexibility index (Phi) is 4.80. The molecule has 1 saturated heterocycles. The molecule has 1 atom stereocenters. The fourth-order valence-electron chi connectivity index (χ4n) is 3.41. The number of Topliss-reactive ketones (excluding diaryl/α,β-unsaturated/α-hetero) is 1. The fraction of sp³-hybridized carbons (Fsp3) is 0.174. The molecular weight excluding hydrogens is 384 g/mol. The third kappa shape index (κ3) is 3.25. The number of carbonyl (C=O) groups excluding carboxylic acids is 2. The van der Waals surface area contributed by atoms with Gasteiger partial charge in [-0.1, -0.05) is 60.2 Å². The molecule has 1 N–H and O–H groups in total. The van der Waals surface area contributed by atoms with Gasteiger partial charge in [-0.2, -0.15) is 0 Å². The molecule has 3 aromatic rings. The number of nitrogens with zero attached hydrogens (tertiary/aromatic N) is 2. The minimum absolute atomic E-state index is 0.0792. The summed E-state index contributed by atoms with van der Waals surface area (Å²) in [5, 5.41) is 11.5. The molecule has 1 aliphatic rings. The number of ketones is 1. The summed E-state index contributed by atoms with van der Waals surface area (Å²) in [4.78, 5) is 32.9. The number of amides is 1. The number of aryl methyl sites for hydroxylation is 3. The number of hydrogen-bond acceptors (Lipinski definition) is 5. The highest BCUT2D eigenvalue weighted by molar-refractivity contribution is 7.16. The van der Waals surface area contributed by atoms with E-state index < -0.39 is 17.7 Å². The molecule has 1 amide bonds. The molecule has 0 bridgehead atoms. The van der Waals surface area contributed by atoms with E-state index in [0.29, 0.717) is 10.7 Å². The Labute approximate surface area is 173 Å². The summed E-state index contributed by atoms with van der Waals surface area (Å²) in [7, 11) is 0. The van der Waals surface area contributed by atoms with Crippen molar-refractivity contribution >= 4 is 33.9 Å². The van der Waals surface area contributed by atoms with E-state index in [0.717, 1.165) is 21.7 Å². The smallest absolute Gasteiger partial charge is 0.301 e. The third-order valence-corrected chi connectivity index (χ3v) is 6.18. The van der Waals surface area contributed by atoms with E-state index in [1.807, 2.05) is 63.2 Å². The maximum Gasteiger partial charge on any atom is 0.301 e. The third-order valence-electron chi connectivity index (χ3n) is 5.11. The van der Waals surface area contributed by atoms with Crippen LogP contribution in [-0.4, -0.2) is 21.8 Å². The number of aromatic nitrogens is 1. The van der Waals surface area contributed by atoms with Gasteiger partial charge in [-0.3, -0.25) is 14.5 Å². The Morgan fingerprint density at radius 3 is 2.24 bits per heavy atom. The SMILES string of the molecule is Cc1ccc(C(O)=C2C(=O)C(=O)N(c3nc(C)c(C)s3)C2c2ccccc2)cc1. The molecule has 0 aliphatic carbocycles. The minimum Gasteiger partial charge on any atom is -0.507 e. The van der Waals surface area contributed by atoms with Crippen LogP contribution in [-0.2, 0) is 9.59 Å².